The van der Waals surface area contributed by atoms with Crippen LogP contribution in [0.1, 0.15) is 5.56 Å². The first-order valence-electron chi connectivity index (χ1n) is 9.03. The summed E-state index contributed by atoms with van der Waals surface area (Å²) in [7, 11) is -2.44. The molecule has 0 radical (unpaired) electrons. The van der Waals surface area contributed by atoms with E-state index in [1.807, 2.05) is 18.2 Å². The fourth-order valence-electron chi connectivity index (χ4n) is 3.55. The van der Waals surface area contributed by atoms with Gasteiger partial charge in [-0.25, -0.2) is 12.8 Å². The lowest BCUT2D eigenvalue weighted by Crippen LogP contribution is -3.13. The van der Waals surface area contributed by atoms with E-state index < -0.39 is 15.8 Å². The number of ether oxygens (including phenoxy) is 3. The van der Waals surface area contributed by atoms with Crippen molar-refractivity contribution in [2.24, 2.45) is 0 Å². The molecule has 0 saturated carbocycles. The van der Waals surface area contributed by atoms with E-state index in [0.29, 0.717) is 26.2 Å². The van der Waals surface area contributed by atoms with Crippen molar-refractivity contribution in [3.05, 3.63) is 47.8 Å². The van der Waals surface area contributed by atoms with Gasteiger partial charge in [0.15, 0.2) is 11.5 Å². The predicted octanol–water partition coefficient (Wildman–Crippen LogP) is 0.652. The summed E-state index contributed by atoms with van der Waals surface area (Å²) in [5.74, 6) is 1.04. The zero-order valence-corrected chi connectivity index (χ0v) is 16.3. The highest BCUT2D eigenvalue weighted by Gasteiger charge is 2.33. The number of hydrogen-bond acceptors (Lipinski definition) is 5. The van der Waals surface area contributed by atoms with Crippen LogP contribution in [0, 0.1) is 5.82 Å². The first-order valence-corrected chi connectivity index (χ1v) is 10.5. The molecule has 2 aromatic carbocycles. The van der Waals surface area contributed by atoms with Gasteiger partial charge in [-0.1, -0.05) is 0 Å². The van der Waals surface area contributed by atoms with Gasteiger partial charge in [-0.3, -0.25) is 0 Å². The van der Waals surface area contributed by atoms with Gasteiger partial charge in [0, 0.05) is 5.56 Å². The van der Waals surface area contributed by atoms with Crippen LogP contribution < -0.4 is 19.1 Å². The molecule has 0 spiro atoms. The Bertz CT molecular complexity index is 974. The van der Waals surface area contributed by atoms with Gasteiger partial charge in [-0.05, 0) is 36.4 Å². The third-order valence-electron chi connectivity index (χ3n) is 5.06. The molecular weight excluding hydrogens is 387 g/mol. The van der Waals surface area contributed by atoms with Crippen LogP contribution in [0.5, 0.6) is 17.2 Å². The molecular formula is C19H22FN2O5S+. The molecule has 2 aromatic rings. The lowest BCUT2D eigenvalue weighted by atomic mass is 10.2. The van der Waals surface area contributed by atoms with E-state index in [1.165, 1.54) is 28.4 Å². The first kappa shape index (κ1) is 19.0. The second-order valence-corrected chi connectivity index (χ2v) is 8.72. The second-order valence-electron chi connectivity index (χ2n) is 6.81. The fourth-order valence-corrected chi connectivity index (χ4v) is 5.16. The Morgan fingerprint density at radius 2 is 1.86 bits per heavy atom. The van der Waals surface area contributed by atoms with Crippen molar-refractivity contribution in [3.63, 3.8) is 0 Å². The van der Waals surface area contributed by atoms with Crippen molar-refractivity contribution < 1.29 is 31.9 Å². The number of benzene rings is 2. The molecule has 0 aliphatic carbocycles. The van der Waals surface area contributed by atoms with Crippen LogP contribution in [0.2, 0.25) is 0 Å². The number of quaternary nitrogens is 1. The van der Waals surface area contributed by atoms with E-state index in [-0.39, 0.29) is 17.4 Å². The highest BCUT2D eigenvalue weighted by atomic mass is 32.2. The highest BCUT2D eigenvalue weighted by Crippen LogP contribution is 2.32. The Kier molecular flexibility index (Phi) is 5.13. The number of sulfonamides is 1. The summed E-state index contributed by atoms with van der Waals surface area (Å²) in [5.41, 5.74) is 1.11. The van der Waals surface area contributed by atoms with Crippen LogP contribution in [-0.4, -0.2) is 52.8 Å². The Labute approximate surface area is 163 Å². The Morgan fingerprint density at radius 1 is 1.11 bits per heavy atom. The molecule has 2 aliphatic rings. The molecule has 1 fully saturated rings. The van der Waals surface area contributed by atoms with Gasteiger partial charge in [0.2, 0.25) is 16.8 Å². The molecule has 28 heavy (non-hydrogen) atoms. The van der Waals surface area contributed by atoms with Crippen molar-refractivity contribution in [1.29, 1.82) is 0 Å². The van der Waals surface area contributed by atoms with Crippen molar-refractivity contribution in [2.45, 2.75) is 11.4 Å². The number of halogens is 1. The number of methoxy groups -OCH3 is 1. The van der Waals surface area contributed by atoms with Gasteiger partial charge in [0.05, 0.1) is 33.3 Å². The Balaban J connectivity index is 1.43. The van der Waals surface area contributed by atoms with Gasteiger partial charge in [0.1, 0.15) is 23.0 Å². The van der Waals surface area contributed by atoms with Crippen LogP contribution in [0.15, 0.2) is 41.3 Å². The number of fused-ring (bicyclic) bond motifs is 1. The topological polar surface area (TPSA) is 69.5 Å². The molecule has 1 saturated heterocycles. The minimum absolute atomic E-state index is 0.130. The van der Waals surface area contributed by atoms with Crippen molar-refractivity contribution in [3.8, 4) is 17.2 Å². The van der Waals surface area contributed by atoms with Crippen molar-refractivity contribution in [1.82, 2.24) is 4.31 Å². The maximum atomic E-state index is 13.6. The third kappa shape index (κ3) is 3.65. The lowest BCUT2D eigenvalue weighted by molar-refractivity contribution is -0.917. The van der Waals surface area contributed by atoms with E-state index in [9.17, 15) is 12.8 Å². The first-order chi connectivity index (χ1) is 13.5. The summed E-state index contributed by atoms with van der Waals surface area (Å²) in [4.78, 5) is 1.14. The van der Waals surface area contributed by atoms with E-state index in [2.05, 4.69) is 0 Å². The predicted molar refractivity (Wildman–Crippen MR) is 98.7 cm³/mol. The van der Waals surface area contributed by atoms with E-state index in [0.717, 1.165) is 29.7 Å². The second kappa shape index (κ2) is 7.57. The number of hydrogen-bond donors (Lipinski definition) is 1. The summed E-state index contributed by atoms with van der Waals surface area (Å²) in [6, 6.07) is 9.40. The number of piperazine rings is 1. The Morgan fingerprint density at radius 3 is 2.61 bits per heavy atom. The molecule has 9 heteroatoms. The van der Waals surface area contributed by atoms with E-state index in [4.69, 9.17) is 14.2 Å². The van der Waals surface area contributed by atoms with Crippen LogP contribution in [-0.2, 0) is 16.6 Å². The zero-order chi connectivity index (χ0) is 19.7. The maximum absolute atomic E-state index is 13.6. The van der Waals surface area contributed by atoms with E-state index >= 15 is 0 Å². The van der Waals surface area contributed by atoms with Crippen molar-refractivity contribution >= 4 is 10.0 Å². The molecule has 0 unspecified atom stereocenters. The molecule has 1 N–H and O–H groups in total. The van der Waals surface area contributed by atoms with Crippen LogP contribution in [0.25, 0.3) is 0 Å². The monoisotopic (exact) mass is 409 g/mol. The normalized spacial score (nSPS) is 17.6. The molecule has 0 atom stereocenters. The number of nitrogens with zero attached hydrogens (tertiary/aromatic N) is 1. The fraction of sp³-hybridized carbons (Fsp3) is 0.368. The smallest absolute Gasteiger partial charge is 0.247 e. The molecule has 0 bridgehead atoms. The number of nitrogens with one attached hydrogen (secondary N) is 1. The van der Waals surface area contributed by atoms with Crippen LogP contribution in [0.4, 0.5) is 4.39 Å². The minimum atomic E-state index is -3.81. The molecule has 0 aromatic heterocycles. The maximum Gasteiger partial charge on any atom is 0.247 e. The lowest BCUT2D eigenvalue weighted by Gasteiger charge is -2.31. The molecule has 150 valence electrons. The average Bonchev–Trinajstić information content (AvgIpc) is 3.16. The molecule has 0 amide bonds. The summed E-state index contributed by atoms with van der Waals surface area (Å²) >= 11 is 0. The summed E-state index contributed by atoms with van der Waals surface area (Å²) in [6.45, 7) is 3.06. The SMILES string of the molecule is COc1ccc(F)cc1S(=O)(=O)N1CC[NH+](Cc2ccc3c(c2)OCO3)CC1. The van der Waals surface area contributed by atoms with Gasteiger partial charge < -0.3 is 19.1 Å². The summed E-state index contributed by atoms with van der Waals surface area (Å²) < 4.78 is 56.8. The molecule has 4 rings (SSSR count). The molecule has 2 aliphatic heterocycles. The van der Waals surface area contributed by atoms with Gasteiger partial charge in [-0.2, -0.15) is 4.31 Å². The average molecular weight is 409 g/mol. The summed E-state index contributed by atoms with van der Waals surface area (Å²) in [5, 5.41) is 0. The quantitative estimate of drug-likeness (QED) is 0.786. The van der Waals surface area contributed by atoms with E-state index in [1.54, 1.807) is 0 Å². The van der Waals surface area contributed by atoms with Gasteiger partial charge in [-0.15, -0.1) is 0 Å². The molecule has 7 nitrogen and oxygen atoms in total. The van der Waals surface area contributed by atoms with Gasteiger partial charge >= 0.3 is 0 Å². The molecule has 2 heterocycles. The largest absolute Gasteiger partial charge is 0.495 e. The Hall–Kier alpha value is -2.36. The minimum Gasteiger partial charge on any atom is -0.495 e. The zero-order valence-electron chi connectivity index (χ0n) is 15.5. The number of rotatable bonds is 5. The highest BCUT2D eigenvalue weighted by molar-refractivity contribution is 7.89. The van der Waals surface area contributed by atoms with Crippen LogP contribution in [0.3, 0.4) is 0 Å². The van der Waals surface area contributed by atoms with Crippen LogP contribution >= 0.6 is 0 Å². The van der Waals surface area contributed by atoms with Crippen molar-refractivity contribution in [2.75, 3.05) is 40.1 Å². The van der Waals surface area contributed by atoms with Gasteiger partial charge in [0.25, 0.3) is 0 Å². The summed E-state index contributed by atoms with van der Waals surface area (Å²) in [6.07, 6.45) is 0. The third-order valence-corrected chi connectivity index (χ3v) is 6.98. The standard InChI is InChI=1S/C19H21FN2O5S/c1-25-17-5-3-15(20)11-19(17)28(23,24)22-8-6-21(7-9-22)12-14-2-4-16-18(10-14)27-13-26-16/h2-5,10-11H,6-9,12-13H2,1H3/p+1.